The lowest BCUT2D eigenvalue weighted by Crippen LogP contribution is -2.86. The Morgan fingerprint density at radius 3 is 1.57 bits per heavy atom. The van der Waals surface area contributed by atoms with Crippen LogP contribution in [0.5, 0.6) is 0 Å². The molecule has 4 nitrogen and oxygen atoms in total. The fourth-order valence-corrected chi connectivity index (χ4v) is 2.36. The first kappa shape index (κ1) is 26.3. The Bertz CT molecular complexity index is 697. The zero-order chi connectivity index (χ0) is 24.6. The molecule has 176 valence electrons. The Balaban J connectivity index is 3.91. The molecule has 1 saturated heterocycles. The summed E-state index contributed by atoms with van der Waals surface area (Å²) >= 11 is 0. The molecule has 0 saturated carbocycles. The third-order valence-electron chi connectivity index (χ3n) is 4.39. The predicted molar refractivity (Wildman–Crippen MR) is 66.1 cm³/mol. The summed E-state index contributed by atoms with van der Waals surface area (Å²) in [7, 11) is 0. The standard InChI is InChI=1S/C13H9F13O4/c1-4(8(14,15)16)5(27)29-6(2)9(17,18)7(3,12(21,22)23)30-11(28,10(6,19)20)13(24,25)26/h28H,1H2,2-3H3. The molecule has 1 aliphatic heterocycles. The van der Waals surface area contributed by atoms with Gasteiger partial charge in [-0.2, -0.15) is 57.1 Å². The summed E-state index contributed by atoms with van der Waals surface area (Å²) in [6.45, 7) is 0.143. The number of alkyl halides is 13. The van der Waals surface area contributed by atoms with E-state index in [2.05, 4.69) is 9.47 Å². The molecule has 0 aliphatic carbocycles. The van der Waals surface area contributed by atoms with Crippen molar-refractivity contribution < 1.29 is 76.5 Å². The van der Waals surface area contributed by atoms with Crippen LogP contribution in [-0.2, 0) is 14.3 Å². The zero-order valence-corrected chi connectivity index (χ0v) is 14.3. The van der Waals surface area contributed by atoms with Crippen molar-refractivity contribution in [2.75, 3.05) is 0 Å². The van der Waals surface area contributed by atoms with Gasteiger partial charge in [0.15, 0.2) is 0 Å². The molecule has 1 rings (SSSR count). The molecule has 1 N–H and O–H groups in total. The number of hydrogen-bond donors (Lipinski definition) is 1. The molecule has 30 heavy (non-hydrogen) atoms. The number of halogens is 13. The molecule has 0 spiro atoms. The molecule has 17 heteroatoms. The molecule has 0 amide bonds. The molecule has 0 aromatic carbocycles. The molecule has 0 radical (unpaired) electrons. The molecule has 1 heterocycles. The maximum Gasteiger partial charge on any atom is 0.449 e. The highest BCUT2D eigenvalue weighted by Gasteiger charge is 2.95. The smallest absolute Gasteiger partial charge is 0.442 e. The van der Waals surface area contributed by atoms with Gasteiger partial charge in [0.25, 0.3) is 0 Å². The van der Waals surface area contributed by atoms with Crippen LogP contribution in [0.1, 0.15) is 13.8 Å². The highest BCUT2D eigenvalue weighted by molar-refractivity contribution is 5.89. The second kappa shape index (κ2) is 6.37. The summed E-state index contributed by atoms with van der Waals surface area (Å²) in [5, 5.41) is 9.25. The minimum absolute atomic E-state index is 0.899. The van der Waals surface area contributed by atoms with Crippen LogP contribution in [0, 0.1) is 0 Å². The van der Waals surface area contributed by atoms with E-state index >= 15 is 0 Å². The van der Waals surface area contributed by atoms with E-state index in [1.54, 1.807) is 0 Å². The molecular weight excluding hydrogens is 467 g/mol. The van der Waals surface area contributed by atoms with Crippen molar-refractivity contribution in [2.45, 2.75) is 61.2 Å². The number of carbonyl (C=O) groups excluding carboxylic acids is 1. The van der Waals surface area contributed by atoms with E-state index in [0.717, 1.165) is 0 Å². The number of carbonyl (C=O) groups is 1. The Hall–Kier alpha value is -1.78. The first-order valence-corrected chi connectivity index (χ1v) is 7.05. The van der Waals surface area contributed by atoms with Crippen molar-refractivity contribution >= 4 is 5.97 Å². The maximum absolute atomic E-state index is 14.6. The molecule has 0 aromatic rings. The first-order chi connectivity index (χ1) is 12.7. The van der Waals surface area contributed by atoms with Crippen molar-refractivity contribution in [3.63, 3.8) is 0 Å². The summed E-state index contributed by atoms with van der Waals surface area (Å²) in [5.74, 6) is -22.7. The van der Waals surface area contributed by atoms with Gasteiger partial charge >= 0.3 is 42.1 Å². The summed E-state index contributed by atoms with van der Waals surface area (Å²) in [4.78, 5) is 11.4. The Labute approximate surface area is 157 Å². The Morgan fingerprint density at radius 2 is 1.27 bits per heavy atom. The highest BCUT2D eigenvalue weighted by atomic mass is 19.4. The van der Waals surface area contributed by atoms with E-state index < -0.39 is 72.8 Å². The van der Waals surface area contributed by atoms with Gasteiger partial charge in [0.05, 0.1) is 0 Å². The van der Waals surface area contributed by atoms with Gasteiger partial charge in [-0.1, -0.05) is 6.58 Å². The van der Waals surface area contributed by atoms with Crippen LogP contribution >= 0.6 is 0 Å². The van der Waals surface area contributed by atoms with Gasteiger partial charge in [-0.3, -0.25) is 0 Å². The second-order valence-electron chi connectivity index (χ2n) is 6.32. The number of rotatable bonds is 2. The third-order valence-corrected chi connectivity index (χ3v) is 4.39. The van der Waals surface area contributed by atoms with Gasteiger partial charge in [-0.05, 0) is 13.8 Å². The van der Waals surface area contributed by atoms with E-state index in [1.807, 2.05) is 6.58 Å². The van der Waals surface area contributed by atoms with Crippen molar-refractivity contribution in [2.24, 2.45) is 0 Å². The summed E-state index contributed by atoms with van der Waals surface area (Å²) < 4.78 is 180. The Morgan fingerprint density at radius 1 is 0.867 bits per heavy atom. The van der Waals surface area contributed by atoms with Gasteiger partial charge in [-0.25, -0.2) is 4.79 Å². The quantitative estimate of drug-likeness (QED) is 0.368. The van der Waals surface area contributed by atoms with Crippen LogP contribution in [0.4, 0.5) is 57.1 Å². The fourth-order valence-electron chi connectivity index (χ4n) is 2.36. The van der Waals surface area contributed by atoms with E-state index in [4.69, 9.17) is 0 Å². The fraction of sp³-hybridized carbons (Fsp3) is 0.769. The van der Waals surface area contributed by atoms with Crippen LogP contribution in [0.3, 0.4) is 0 Å². The summed E-state index contributed by atoms with van der Waals surface area (Å²) in [5.41, 5.74) is -14.1. The minimum atomic E-state index is -6.94. The normalized spacial score (nSPS) is 34.4. The first-order valence-electron chi connectivity index (χ1n) is 7.05. The molecule has 1 fully saturated rings. The van der Waals surface area contributed by atoms with Gasteiger partial charge in [0, 0.05) is 0 Å². The van der Waals surface area contributed by atoms with E-state index in [1.165, 1.54) is 0 Å². The number of esters is 1. The number of ether oxygens (including phenoxy) is 2. The summed E-state index contributed by atoms with van der Waals surface area (Å²) in [6.07, 6.45) is -19.4. The van der Waals surface area contributed by atoms with Crippen molar-refractivity contribution in [3.8, 4) is 0 Å². The van der Waals surface area contributed by atoms with Gasteiger partial charge in [0.2, 0.25) is 11.2 Å². The monoisotopic (exact) mass is 476 g/mol. The maximum atomic E-state index is 14.6. The van der Waals surface area contributed by atoms with Gasteiger partial charge in [0.1, 0.15) is 5.57 Å². The van der Waals surface area contributed by atoms with Crippen molar-refractivity contribution in [1.82, 2.24) is 0 Å². The third kappa shape index (κ3) is 3.11. The van der Waals surface area contributed by atoms with Crippen molar-refractivity contribution in [3.05, 3.63) is 12.2 Å². The second-order valence-corrected chi connectivity index (χ2v) is 6.32. The largest absolute Gasteiger partial charge is 0.449 e. The number of hydrogen-bond acceptors (Lipinski definition) is 4. The Kier molecular flexibility index (Phi) is 5.57. The zero-order valence-electron chi connectivity index (χ0n) is 14.3. The lowest BCUT2D eigenvalue weighted by atomic mass is 9.73. The van der Waals surface area contributed by atoms with Gasteiger partial charge in [-0.15, -0.1) is 0 Å². The molecule has 3 unspecified atom stereocenters. The predicted octanol–water partition coefficient (Wildman–Crippen LogP) is 4.28. The average molecular weight is 476 g/mol. The molecular formula is C13H9F13O4. The average Bonchev–Trinajstić information content (AvgIpc) is 2.48. The molecule has 0 aromatic heterocycles. The minimum Gasteiger partial charge on any atom is -0.442 e. The molecule has 3 atom stereocenters. The van der Waals surface area contributed by atoms with E-state index in [9.17, 15) is 67.0 Å². The van der Waals surface area contributed by atoms with Crippen LogP contribution in [-0.4, -0.2) is 58.4 Å². The van der Waals surface area contributed by atoms with Crippen LogP contribution < -0.4 is 0 Å². The topological polar surface area (TPSA) is 55.8 Å². The molecule has 1 aliphatic rings. The van der Waals surface area contributed by atoms with Crippen LogP contribution in [0.2, 0.25) is 0 Å². The summed E-state index contributed by atoms with van der Waals surface area (Å²) in [6, 6.07) is 0. The molecule has 0 bridgehead atoms. The van der Waals surface area contributed by atoms with Crippen molar-refractivity contribution in [1.29, 1.82) is 0 Å². The number of aliphatic hydroxyl groups is 1. The van der Waals surface area contributed by atoms with Gasteiger partial charge < -0.3 is 14.6 Å². The lowest BCUT2D eigenvalue weighted by Gasteiger charge is -2.58. The SMILES string of the molecule is C=C(C(=O)OC1(C)C(F)(F)C(C)(C(F)(F)F)OC(O)(C(F)(F)F)C1(F)F)C(F)(F)F. The highest BCUT2D eigenvalue weighted by Crippen LogP contribution is 2.66. The lowest BCUT2D eigenvalue weighted by molar-refractivity contribution is -0.553. The van der Waals surface area contributed by atoms with Crippen LogP contribution in [0.25, 0.3) is 0 Å². The van der Waals surface area contributed by atoms with Crippen LogP contribution in [0.15, 0.2) is 12.2 Å². The van der Waals surface area contributed by atoms with E-state index in [-0.39, 0.29) is 0 Å². The van der Waals surface area contributed by atoms with E-state index in [0.29, 0.717) is 0 Å².